The van der Waals surface area contributed by atoms with Crippen LogP contribution >= 0.6 is 0 Å². The third-order valence-electron chi connectivity index (χ3n) is 4.38. The van der Waals surface area contributed by atoms with E-state index in [1.54, 1.807) is 20.8 Å². The van der Waals surface area contributed by atoms with E-state index in [1.165, 1.54) is 55.5 Å². The van der Waals surface area contributed by atoms with Crippen molar-refractivity contribution in [3.63, 3.8) is 0 Å². The van der Waals surface area contributed by atoms with E-state index < -0.39 is 38.7 Å². The molecule has 12 heteroatoms. The van der Waals surface area contributed by atoms with Crippen LogP contribution in [-0.2, 0) is 26.1 Å². The molecule has 2 aromatic rings. The number of nitrogens with one attached hydrogen (secondary N) is 1. The molecular weight excluding hydrogens is 454 g/mol. The molecule has 0 saturated carbocycles. The van der Waals surface area contributed by atoms with Crippen LogP contribution in [0.1, 0.15) is 33.3 Å². The molecule has 0 aliphatic heterocycles. The van der Waals surface area contributed by atoms with Crippen molar-refractivity contribution in [3.8, 4) is 0 Å². The molecule has 0 aliphatic carbocycles. The molecule has 1 atom stereocenters. The molecule has 0 heterocycles. The summed E-state index contributed by atoms with van der Waals surface area (Å²) in [5.74, 6) is -1.36. The Kier molecular flexibility index (Phi) is 7.77. The predicted molar refractivity (Wildman–Crippen MR) is 119 cm³/mol. The van der Waals surface area contributed by atoms with Gasteiger partial charge in [-0.25, -0.2) is 13.2 Å². The van der Waals surface area contributed by atoms with Gasteiger partial charge in [0, 0.05) is 24.4 Å². The molecule has 2 N–H and O–H groups in total. The number of sulfonamides is 1. The van der Waals surface area contributed by atoms with Crippen molar-refractivity contribution < 1.29 is 32.8 Å². The van der Waals surface area contributed by atoms with E-state index in [1.807, 2.05) is 0 Å². The van der Waals surface area contributed by atoms with E-state index in [0.29, 0.717) is 5.56 Å². The molecule has 0 spiro atoms. The van der Waals surface area contributed by atoms with Crippen LogP contribution in [0.2, 0.25) is 0 Å². The first-order chi connectivity index (χ1) is 15.2. The van der Waals surface area contributed by atoms with E-state index in [9.17, 15) is 33.2 Å². The molecule has 11 nitrogen and oxygen atoms in total. The molecule has 0 aromatic heterocycles. The number of carbonyl (C=O) groups excluding carboxylic acids is 1. The van der Waals surface area contributed by atoms with Gasteiger partial charge in [-0.15, -0.1) is 0 Å². The number of rotatable bonds is 8. The molecule has 0 unspecified atom stereocenters. The minimum absolute atomic E-state index is 0.174. The molecule has 0 saturated heterocycles. The number of non-ortho nitro benzene ring substituents is 1. The summed E-state index contributed by atoms with van der Waals surface area (Å²) < 4.78 is 32.4. The summed E-state index contributed by atoms with van der Waals surface area (Å²) in [5.41, 5.74) is -0.219. The van der Waals surface area contributed by atoms with Crippen molar-refractivity contribution >= 4 is 33.5 Å². The fraction of sp³-hybridized carbons (Fsp3) is 0.333. The quantitative estimate of drug-likeness (QED) is 0.429. The smallest absolute Gasteiger partial charge is 0.412 e. The second-order valence-electron chi connectivity index (χ2n) is 8.14. The number of ether oxygens (including phenoxy) is 1. The van der Waals surface area contributed by atoms with Crippen LogP contribution in [0.3, 0.4) is 0 Å². The fourth-order valence-electron chi connectivity index (χ4n) is 2.72. The lowest BCUT2D eigenvalue weighted by atomic mass is 10.2. The largest absolute Gasteiger partial charge is 0.480 e. The Hall–Kier alpha value is -3.51. The second kappa shape index (κ2) is 9.96. The highest BCUT2D eigenvalue weighted by molar-refractivity contribution is 7.89. The number of carboxylic acid groups (broad SMARTS) is 1. The van der Waals surface area contributed by atoms with Crippen molar-refractivity contribution in [2.75, 3.05) is 5.32 Å². The number of hydrogen-bond acceptors (Lipinski definition) is 7. The molecule has 2 rings (SSSR count). The minimum atomic E-state index is -4.27. The molecule has 0 bridgehead atoms. The van der Waals surface area contributed by atoms with Gasteiger partial charge in [-0.2, -0.15) is 4.31 Å². The van der Waals surface area contributed by atoms with Crippen LogP contribution in [0.4, 0.5) is 16.2 Å². The standard InChI is InChI=1S/C21H25N3O8S/c1-14(19(25)26)23(13-15-5-9-17(10-6-15)24(28)29)33(30,31)18-11-7-16(8-12-18)22-20(27)32-21(2,3)4/h5-12,14H,13H2,1-4H3,(H,22,27)(H,25,26)/t14-/m0/s1. The molecular formula is C21H25N3O8S. The average molecular weight is 480 g/mol. The summed E-state index contributed by atoms with van der Waals surface area (Å²) in [6.07, 6.45) is -0.711. The van der Waals surface area contributed by atoms with Crippen LogP contribution in [0.25, 0.3) is 0 Å². The summed E-state index contributed by atoms with van der Waals surface area (Å²) >= 11 is 0. The van der Waals surface area contributed by atoms with Gasteiger partial charge in [0.05, 0.1) is 9.82 Å². The highest BCUT2D eigenvalue weighted by atomic mass is 32.2. The highest BCUT2D eigenvalue weighted by Crippen LogP contribution is 2.24. The number of aliphatic carboxylic acids is 1. The Labute approximate surface area is 191 Å². The van der Waals surface area contributed by atoms with Crippen LogP contribution in [-0.4, -0.2) is 46.5 Å². The van der Waals surface area contributed by atoms with Crippen molar-refractivity contribution in [3.05, 3.63) is 64.2 Å². The minimum Gasteiger partial charge on any atom is -0.480 e. The summed E-state index contributed by atoms with van der Waals surface area (Å²) in [7, 11) is -4.27. The second-order valence-corrected chi connectivity index (χ2v) is 10.0. The number of carboxylic acids is 1. The number of nitrogens with zero attached hydrogens (tertiary/aromatic N) is 2. The first kappa shape index (κ1) is 25.7. The van der Waals surface area contributed by atoms with Gasteiger partial charge in [0.15, 0.2) is 0 Å². The maximum atomic E-state index is 13.2. The highest BCUT2D eigenvalue weighted by Gasteiger charge is 2.33. The maximum absolute atomic E-state index is 13.2. The Morgan fingerprint density at radius 3 is 2.12 bits per heavy atom. The van der Waals surface area contributed by atoms with Crippen molar-refractivity contribution in [1.29, 1.82) is 0 Å². The third kappa shape index (κ3) is 6.99. The number of benzene rings is 2. The zero-order valence-corrected chi connectivity index (χ0v) is 19.3. The zero-order chi connectivity index (χ0) is 25.0. The Bertz CT molecular complexity index is 1120. The van der Waals surface area contributed by atoms with Gasteiger partial charge in [0.1, 0.15) is 11.6 Å². The van der Waals surface area contributed by atoms with Gasteiger partial charge in [-0.1, -0.05) is 12.1 Å². The lowest BCUT2D eigenvalue weighted by Gasteiger charge is -2.26. The van der Waals surface area contributed by atoms with Crippen LogP contribution in [0.5, 0.6) is 0 Å². The predicted octanol–water partition coefficient (Wildman–Crippen LogP) is 3.61. The Balaban J connectivity index is 2.30. The molecule has 0 radical (unpaired) electrons. The van der Waals surface area contributed by atoms with E-state index in [2.05, 4.69) is 5.32 Å². The summed E-state index contributed by atoms with van der Waals surface area (Å²) in [6.45, 7) is 6.01. The van der Waals surface area contributed by atoms with Gasteiger partial charge < -0.3 is 9.84 Å². The van der Waals surface area contributed by atoms with Crippen LogP contribution in [0, 0.1) is 10.1 Å². The Morgan fingerprint density at radius 2 is 1.67 bits per heavy atom. The molecule has 0 aliphatic rings. The fourth-order valence-corrected chi connectivity index (χ4v) is 4.30. The monoisotopic (exact) mass is 479 g/mol. The molecule has 178 valence electrons. The topological polar surface area (TPSA) is 156 Å². The number of amides is 1. The maximum Gasteiger partial charge on any atom is 0.412 e. The summed E-state index contributed by atoms with van der Waals surface area (Å²) in [4.78, 5) is 33.5. The molecule has 2 aromatic carbocycles. The molecule has 33 heavy (non-hydrogen) atoms. The lowest BCUT2D eigenvalue weighted by molar-refractivity contribution is -0.384. The molecule has 1 amide bonds. The number of nitro benzene ring substituents is 1. The van der Waals surface area contributed by atoms with Gasteiger partial charge in [-0.05, 0) is 57.5 Å². The van der Waals surface area contributed by atoms with E-state index in [4.69, 9.17) is 4.74 Å². The Morgan fingerprint density at radius 1 is 1.12 bits per heavy atom. The van der Waals surface area contributed by atoms with Crippen molar-refractivity contribution in [1.82, 2.24) is 4.31 Å². The van der Waals surface area contributed by atoms with Gasteiger partial charge in [0.25, 0.3) is 5.69 Å². The van der Waals surface area contributed by atoms with Crippen LogP contribution in [0.15, 0.2) is 53.4 Å². The number of hydrogen-bond donors (Lipinski definition) is 2. The van der Waals surface area contributed by atoms with Crippen LogP contribution < -0.4 is 5.32 Å². The SMILES string of the molecule is C[C@@H](C(=O)O)N(Cc1ccc([N+](=O)[O-])cc1)S(=O)(=O)c1ccc(NC(=O)OC(C)(C)C)cc1. The lowest BCUT2D eigenvalue weighted by Crippen LogP contribution is -2.42. The summed E-state index contributed by atoms with van der Waals surface area (Å²) in [6, 6.07) is 8.92. The number of anilines is 1. The number of carbonyl (C=O) groups is 2. The normalized spacial score (nSPS) is 12.8. The average Bonchev–Trinajstić information content (AvgIpc) is 2.70. The van der Waals surface area contributed by atoms with Gasteiger partial charge in [-0.3, -0.25) is 20.2 Å². The van der Waals surface area contributed by atoms with E-state index in [0.717, 1.165) is 4.31 Å². The number of nitro groups is 1. The van der Waals surface area contributed by atoms with E-state index >= 15 is 0 Å². The first-order valence-electron chi connectivity index (χ1n) is 9.79. The zero-order valence-electron chi connectivity index (χ0n) is 18.5. The van der Waals surface area contributed by atoms with Crippen molar-refractivity contribution in [2.24, 2.45) is 0 Å². The summed E-state index contributed by atoms with van der Waals surface area (Å²) in [5, 5.41) is 22.7. The third-order valence-corrected chi connectivity index (χ3v) is 6.31. The van der Waals surface area contributed by atoms with Gasteiger partial charge in [0.2, 0.25) is 10.0 Å². The first-order valence-corrected chi connectivity index (χ1v) is 11.2. The van der Waals surface area contributed by atoms with Gasteiger partial charge >= 0.3 is 12.1 Å². The van der Waals surface area contributed by atoms with E-state index in [-0.39, 0.29) is 22.8 Å². The molecule has 0 fully saturated rings. The van der Waals surface area contributed by atoms with Crippen molar-refractivity contribution in [2.45, 2.75) is 50.8 Å².